The van der Waals surface area contributed by atoms with E-state index >= 15 is 0 Å². The van der Waals surface area contributed by atoms with Gasteiger partial charge in [0.2, 0.25) is 0 Å². The molecule has 3 fully saturated rings. The zero-order chi connectivity index (χ0) is 19.2. The Bertz CT molecular complexity index is 681. The molecule has 146 valence electrons. The van der Waals surface area contributed by atoms with Crippen LogP contribution < -0.4 is 10.6 Å². The third-order valence-electron chi connectivity index (χ3n) is 6.15. The van der Waals surface area contributed by atoms with Gasteiger partial charge < -0.3 is 15.5 Å². The van der Waals surface area contributed by atoms with Crippen molar-refractivity contribution in [1.29, 1.82) is 5.26 Å². The second kappa shape index (κ2) is 9.20. The second-order valence-electron chi connectivity index (χ2n) is 7.71. The molecule has 3 aliphatic rings. The first-order valence-corrected chi connectivity index (χ1v) is 10.1. The van der Waals surface area contributed by atoms with Crippen LogP contribution in [0, 0.1) is 23.2 Å². The van der Waals surface area contributed by atoms with E-state index in [9.17, 15) is 4.79 Å². The normalized spacial score (nSPS) is 26.6. The van der Waals surface area contributed by atoms with Gasteiger partial charge in [-0.15, -0.1) is 0 Å². The summed E-state index contributed by atoms with van der Waals surface area (Å²) >= 11 is 0. The van der Waals surface area contributed by atoms with Gasteiger partial charge in [0, 0.05) is 31.4 Å². The smallest absolute Gasteiger partial charge is 0.319 e. The van der Waals surface area contributed by atoms with Crippen LogP contribution in [0.15, 0.2) is 24.3 Å². The average molecular weight is 370 g/mol. The predicted molar refractivity (Wildman–Crippen MR) is 108 cm³/mol. The van der Waals surface area contributed by atoms with Crippen LogP contribution in [0.25, 0.3) is 0 Å². The molecule has 0 saturated carbocycles. The Morgan fingerprint density at radius 3 is 2.85 bits per heavy atom. The number of hydrogen-bond acceptors (Lipinski definition) is 4. The van der Waals surface area contributed by atoms with Gasteiger partial charge in [-0.25, -0.2) is 4.79 Å². The number of amides is 2. The number of urea groups is 1. The minimum absolute atomic E-state index is 0.201. The zero-order valence-electron chi connectivity index (χ0n) is 16.4. The lowest BCUT2D eigenvalue weighted by atomic mass is 9.75. The van der Waals surface area contributed by atoms with E-state index in [-0.39, 0.29) is 6.03 Å². The summed E-state index contributed by atoms with van der Waals surface area (Å²) in [7, 11) is 0. The van der Waals surface area contributed by atoms with Gasteiger partial charge in [0.05, 0.1) is 11.6 Å². The highest BCUT2D eigenvalue weighted by Gasteiger charge is 2.40. The fourth-order valence-corrected chi connectivity index (χ4v) is 4.53. The Morgan fingerprint density at radius 1 is 1.37 bits per heavy atom. The summed E-state index contributed by atoms with van der Waals surface area (Å²) in [5, 5.41) is 14.8. The lowest BCUT2D eigenvalue weighted by Gasteiger charge is -2.50. The predicted octanol–water partition coefficient (Wildman–Crippen LogP) is 2.73. The van der Waals surface area contributed by atoms with E-state index in [0.29, 0.717) is 23.8 Å². The van der Waals surface area contributed by atoms with Gasteiger partial charge in [-0.05, 0) is 62.5 Å². The van der Waals surface area contributed by atoms with E-state index in [0.717, 1.165) is 38.0 Å². The number of anilines is 1. The van der Waals surface area contributed by atoms with Crippen LogP contribution in [-0.4, -0.2) is 61.1 Å². The van der Waals surface area contributed by atoms with Crippen LogP contribution in [0.1, 0.15) is 32.3 Å². The van der Waals surface area contributed by atoms with Crippen molar-refractivity contribution < 1.29 is 4.79 Å². The van der Waals surface area contributed by atoms with Gasteiger partial charge in [-0.2, -0.15) is 5.26 Å². The van der Waals surface area contributed by atoms with Crippen molar-refractivity contribution in [2.75, 3.05) is 44.6 Å². The van der Waals surface area contributed by atoms with E-state index in [4.69, 9.17) is 5.26 Å². The van der Waals surface area contributed by atoms with Crippen LogP contribution in [0.2, 0.25) is 0 Å². The molecular formula is C21H31N5O. The van der Waals surface area contributed by atoms with Gasteiger partial charge in [0.15, 0.2) is 0 Å². The van der Waals surface area contributed by atoms with Gasteiger partial charge in [-0.1, -0.05) is 19.9 Å². The number of rotatable bonds is 7. The molecule has 0 spiro atoms. The van der Waals surface area contributed by atoms with Crippen LogP contribution in [-0.2, 0) is 0 Å². The molecule has 6 nitrogen and oxygen atoms in total. The maximum absolute atomic E-state index is 12.2. The fourth-order valence-electron chi connectivity index (χ4n) is 4.53. The molecule has 3 saturated heterocycles. The molecule has 3 aliphatic heterocycles. The number of benzene rings is 1. The summed E-state index contributed by atoms with van der Waals surface area (Å²) in [6, 6.07) is 9.30. The van der Waals surface area contributed by atoms with Crippen LogP contribution in [0.3, 0.4) is 0 Å². The van der Waals surface area contributed by atoms with Crippen molar-refractivity contribution in [2.45, 2.75) is 32.7 Å². The van der Waals surface area contributed by atoms with E-state index in [2.05, 4.69) is 40.4 Å². The molecule has 27 heavy (non-hydrogen) atoms. The lowest BCUT2D eigenvalue weighted by Crippen LogP contribution is -2.58. The van der Waals surface area contributed by atoms with Gasteiger partial charge in [0.25, 0.3) is 0 Å². The standard InChI is InChI=1S/C21H31N5O/c1-3-25(4-2)14-18-15-26-9-8-17(18)11-20(26)13-23-21(27)24-19-7-5-6-16(10-19)12-22/h5-7,10,17-18,20H,3-4,8-9,11,13-15H2,1-2H3,(H2,23,24,27)/t17-,18+,20+/m0/s1. The van der Waals surface area contributed by atoms with E-state index < -0.39 is 0 Å². The number of fused-ring (bicyclic) bond motifs is 3. The van der Waals surface area contributed by atoms with Crippen LogP contribution in [0.5, 0.6) is 0 Å². The molecule has 0 radical (unpaired) electrons. The molecule has 0 aliphatic carbocycles. The van der Waals surface area contributed by atoms with E-state index in [1.165, 1.54) is 19.4 Å². The highest BCUT2D eigenvalue weighted by Crippen LogP contribution is 2.36. The first-order chi connectivity index (χ1) is 13.1. The van der Waals surface area contributed by atoms with E-state index in [1.54, 1.807) is 24.3 Å². The molecule has 1 aromatic rings. The Labute approximate surface area is 162 Å². The van der Waals surface area contributed by atoms with Crippen molar-refractivity contribution in [2.24, 2.45) is 11.8 Å². The van der Waals surface area contributed by atoms with Gasteiger partial charge in [0.1, 0.15) is 0 Å². The van der Waals surface area contributed by atoms with Crippen LogP contribution >= 0.6 is 0 Å². The Kier molecular flexibility index (Phi) is 6.70. The number of carbonyl (C=O) groups is 1. The molecule has 2 N–H and O–H groups in total. The number of nitriles is 1. The molecule has 0 aromatic heterocycles. The molecule has 2 amide bonds. The minimum atomic E-state index is -0.201. The highest BCUT2D eigenvalue weighted by atomic mass is 16.2. The number of carbonyl (C=O) groups excluding carboxylic acids is 1. The summed E-state index contributed by atoms with van der Waals surface area (Å²) in [6.45, 7) is 10.9. The Morgan fingerprint density at radius 2 is 2.19 bits per heavy atom. The van der Waals surface area contributed by atoms with Crippen LogP contribution in [0.4, 0.5) is 10.5 Å². The Hall–Kier alpha value is -2.10. The minimum Gasteiger partial charge on any atom is -0.336 e. The third kappa shape index (κ3) is 5.00. The Balaban J connectivity index is 1.47. The number of hydrogen-bond donors (Lipinski definition) is 2. The number of piperidine rings is 3. The molecule has 4 rings (SSSR count). The summed E-state index contributed by atoms with van der Waals surface area (Å²) in [6.07, 6.45) is 2.46. The van der Waals surface area contributed by atoms with Gasteiger partial charge >= 0.3 is 6.03 Å². The molecule has 4 atom stereocenters. The molecule has 2 bridgehead atoms. The highest BCUT2D eigenvalue weighted by molar-refractivity contribution is 5.89. The second-order valence-corrected chi connectivity index (χ2v) is 7.71. The van der Waals surface area contributed by atoms with Crippen molar-refractivity contribution in [3.05, 3.63) is 29.8 Å². The molecule has 1 unspecified atom stereocenters. The molecular weight excluding hydrogens is 338 g/mol. The van der Waals surface area contributed by atoms with Crippen molar-refractivity contribution in [1.82, 2.24) is 15.1 Å². The average Bonchev–Trinajstić information content (AvgIpc) is 2.71. The summed E-state index contributed by atoms with van der Waals surface area (Å²) in [5.41, 5.74) is 1.19. The lowest BCUT2D eigenvalue weighted by molar-refractivity contribution is -0.00977. The van der Waals surface area contributed by atoms with E-state index in [1.807, 2.05) is 0 Å². The first-order valence-electron chi connectivity index (χ1n) is 10.1. The number of nitrogens with one attached hydrogen (secondary N) is 2. The fraction of sp³-hybridized carbons (Fsp3) is 0.619. The monoisotopic (exact) mass is 369 g/mol. The topological polar surface area (TPSA) is 71.4 Å². The number of nitrogens with zero attached hydrogens (tertiary/aromatic N) is 3. The van der Waals surface area contributed by atoms with Gasteiger partial charge in [-0.3, -0.25) is 4.90 Å². The maximum Gasteiger partial charge on any atom is 0.319 e. The maximum atomic E-state index is 12.2. The zero-order valence-corrected chi connectivity index (χ0v) is 16.4. The quantitative estimate of drug-likeness (QED) is 0.775. The molecule has 3 heterocycles. The summed E-state index contributed by atoms with van der Waals surface area (Å²) < 4.78 is 0. The van der Waals surface area contributed by atoms with Crippen molar-refractivity contribution in [3.63, 3.8) is 0 Å². The first kappa shape index (κ1) is 19.7. The largest absolute Gasteiger partial charge is 0.336 e. The summed E-state index contributed by atoms with van der Waals surface area (Å²) in [4.78, 5) is 17.3. The molecule has 1 aromatic carbocycles. The van der Waals surface area contributed by atoms with Crippen molar-refractivity contribution >= 4 is 11.7 Å². The summed E-state index contributed by atoms with van der Waals surface area (Å²) in [5.74, 6) is 1.54. The SMILES string of the molecule is CCN(CC)C[C@@H]1CN2CC[C@H]1C[C@@H]2CNC(=O)Nc1cccc(C#N)c1. The third-order valence-corrected chi connectivity index (χ3v) is 6.15. The molecule has 6 heteroatoms. The van der Waals surface area contributed by atoms with Crippen molar-refractivity contribution in [3.8, 4) is 6.07 Å².